The van der Waals surface area contributed by atoms with E-state index >= 15 is 0 Å². The molecule has 1 aliphatic rings. The van der Waals surface area contributed by atoms with Crippen LogP contribution in [0, 0.1) is 0 Å². The lowest BCUT2D eigenvalue weighted by atomic mass is 10.3. The number of carboxylic acid groups (broad SMARTS) is 1. The number of benzene rings is 1. The molecule has 0 bridgehead atoms. The number of aliphatic imine (C=N–C) groups is 1. The van der Waals surface area contributed by atoms with E-state index in [0.717, 1.165) is 0 Å². The fraction of sp³-hybridized carbons (Fsp3) is 0.0909. The first kappa shape index (κ1) is 13.1. The van der Waals surface area contributed by atoms with Crippen molar-refractivity contribution in [2.45, 2.75) is 0 Å². The number of phenols is 1. The van der Waals surface area contributed by atoms with E-state index in [-0.39, 0.29) is 17.4 Å². The molecule has 1 aliphatic heterocycles. The van der Waals surface area contributed by atoms with E-state index in [1.807, 2.05) is 0 Å². The van der Waals surface area contributed by atoms with Gasteiger partial charge in [0.05, 0.1) is 5.41 Å². The molecule has 0 spiro atoms. The highest BCUT2D eigenvalue weighted by molar-refractivity contribution is 8.09. The van der Waals surface area contributed by atoms with E-state index in [9.17, 15) is 13.2 Å². The van der Waals surface area contributed by atoms with Crippen LogP contribution in [-0.4, -0.2) is 36.3 Å². The van der Waals surface area contributed by atoms with Gasteiger partial charge in [-0.25, -0.2) is 18.2 Å². The topological polar surface area (TPSA) is 113 Å². The lowest BCUT2D eigenvalue weighted by Crippen LogP contribution is -2.17. The Morgan fingerprint density at radius 2 is 1.89 bits per heavy atom. The van der Waals surface area contributed by atoms with Crippen LogP contribution in [0.1, 0.15) is 0 Å². The van der Waals surface area contributed by atoms with Gasteiger partial charge in [0.2, 0.25) is 9.84 Å². The van der Waals surface area contributed by atoms with Gasteiger partial charge in [-0.3, -0.25) is 0 Å². The van der Waals surface area contributed by atoms with E-state index in [2.05, 4.69) is 4.99 Å². The molecule has 0 aliphatic carbocycles. The minimum absolute atomic E-state index is 0.0491. The van der Waals surface area contributed by atoms with Gasteiger partial charge >= 0.3 is 5.97 Å². The predicted molar refractivity (Wildman–Crippen MR) is 65.7 cm³/mol. The second kappa shape index (κ2) is 4.73. The largest absolute Gasteiger partial charge is 0.508 e. The first-order valence-corrected chi connectivity index (χ1v) is 6.62. The zero-order valence-corrected chi connectivity index (χ0v) is 10.3. The second-order valence-corrected chi connectivity index (χ2v) is 5.44. The van der Waals surface area contributed by atoms with Gasteiger partial charge in [0, 0.05) is 0 Å². The van der Waals surface area contributed by atoms with Crippen LogP contribution < -0.4 is 4.74 Å². The molecule has 0 radical (unpaired) electrons. The van der Waals surface area contributed by atoms with Crippen molar-refractivity contribution in [3.63, 3.8) is 0 Å². The van der Waals surface area contributed by atoms with Gasteiger partial charge in [-0.1, -0.05) is 0 Å². The number of hydrogen-bond acceptors (Lipinski definition) is 6. The van der Waals surface area contributed by atoms with E-state index < -0.39 is 21.5 Å². The van der Waals surface area contributed by atoms with Crippen LogP contribution in [0.4, 0.5) is 0 Å². The molecule has 1 aromatic rings. The molecular weight excluding hydrogens is 274 g/mol. The van der Waals surface area contributed by atoms with Crippen LogP contribution in [0.25, 0.3) is 0 Å². The fourth-order valence-electron chi connectivity index (χ4n) is 1.34. The molecule has 1 heterocycles. The number of aromatic hydroxyl groups is 1. The van der Waals surface area contributed by atoms with E-state index in [4.69, 9.17) is 14.9 Å². The highest BCUT2D eigenvalue weighted by atomic mass is 32.2. The molecule has 7 nitrogen and oxygen atoms in total. The molecule has 2 rings (SSSR count). The Hall–Kier alpha value is -2.35. The number of ether oxygens (including phenoxy) is 1. The molecule has 0 saturated carbocycles. The number of hydrogen-bond donors (Lipinski definition) is 2. The number of sulfone groups is 1. The third kappa shape index (κ3) is 2.91. The van der Waals surface area contributed by atoms with Crippen LogP contribution in [0.5, 0.6) is 11.5 Å². The molecule has 0 atom stereocenters. The minimum atomic E-state index is -3.83. The Morgan fingerprint density at radius 3 is 2.42 bits per heavy atom. The summed E-state index contributed by atoms with van der Waals surface area (Å²) in [5.41, 5.74) is -0.538. The Balaban J connectivity index is 2.11. The summed E-state index contributed by atoms with van der Waals surface area (Å²) in [4.78, 5) is 14.1. The number of rotatable bonds is 4. The van der Waals surface area contributed by atoms with Crippen molar-refractivity contribution in [1.82, 2.24) is 0 Å². The van der Waals surface area contributed by atoms with Gasteiger partial charge in [-0.2, -0.15) is 0 Å². The summed E-state index contributed by atoms with van der Waals surface area (Å²) in [6, 6.07) is 5.65. The molecule has 8 heteroatoms. The molecule has 0 aromatic heterocycles. The lowest BCUT2D eigenvalue weighted by Gasteiger charge is -2.05. The molecular formula is C11H9NO6S. The summed E-state index contributed by atoms with van der Waals surface area (Å²) >= 11 is 0. The monoisotopic (exact) mass is 283 g/mol. The molecule has 0 saturated heterocycles. The highest BCUT2D eigenvalue weighted by Gasteiger charge is 2.28. The van der Waals surface area contributed by atoms with Gasteiger partial charge in [-0.05, 0) is 24.3 Å². The molecule has 19 heavy (non-hydrogen) atoms. The molecule has 0 unspecified atom stereocenters. The summed E-state index contributed by atoms with van der Waals surface area (Å²) in [7, 11) is -3.83. The summed E-state index contributed by atoms with van der Waals surface area (Å²) in [6.45, 7) is -0.375. The lowest BCUT2D eigenvalue weighted by molar-refractivity contribution is -0.132. The molecule has 2 N–H and O–H groups in total. The number of phenolic OH excluding ortho intramolecular Hbond substituents is 1. The predicted octanol–water partition coefficient (Wildman–Crippen LogP) is 0.524. The van der Waals surface area contributed by atoms with Crippen molar-refractivity contribution in [2.24, 2.45) is 4.99 Å². The first-order valence-electron chi connectivity index (χ1n) is 5.08. The number of carbonyl (C=O) groups is 1. The Kier molecular flexibility index (Phi) is 3.26. The molecule has 0 fully saturated rings. The van der Waals surface area contributed by atoms with Gasteiger partial charge in [-0.15, -0.1) is 0 Å². The third-order valence-electron chi connectivity index (χ3n) is 2.26. The van der Waals surface area contributed by atoms with Crippen molar-refractivity contribution in [2.75, 3.05) is 6.61 Å². The van der Waals surface area contributed by atoms with Crippen molar-refractivity contribution < 1.29 is 28.2 Å². The standard InChI is InChI=1S/C11H9NO6S/c13-7-1-3-8(4-2-7)18-5-10-12-9(11(14)15)6-19(10,16)17/h1-4,6,13H,5H2,(H,14,15). The quantitative estimate of drug-likeness (QED) is 0.833. The maximum Gasteiger partial charge on any atom is 0.355 e. The van der Waals surface area contributed by atoms with Crippen LogP contribution in [0.3, 0.4) is 0 Å². The minimum Gasteiger partial charge on any atom is -0.508 e. The number of carboxylic acids is 1. The SMILES string of the molecule is O=C(O)C1=CS(=O)(=O)C(COc2ccc(O)cc2)=N1. The summed E-state index contributed by atoms with van der Waals surface area (Å²) in [6.07, 6.45) is 0. The maximum atomic E-state index is 11.6. The summed E-state index contributed by atoms with van der Waals surface area (Å²) in [5, 5.41) is 18.0. The van der Waals surface area contributed by atoms with Crippen LogP contribution in [0.15, 0.2) is 40.4 Å². The van der Waals surface area contributed by atoms with Crippen molar-refractivity contribution in [3.8, 4) is 11.5 Å². The van der Waals surface area contributed by atoms with Crippen LogP contribution in [-0.2, 0) is 14.6 Å². The van der Waals surface area contributed by atoms with Crippen molar-refractivity contribution in [3.05, 3.63) is 35.4 Å². The van der Waals surface area contributed by atoms with Gasteiger partial charge in [0.1, 0.15) is 18.1 Å². The van der Waals surface area contributed by atoms with E-state index in [1.165, 1.54) is 24.3 Å². The van der Waals surface area contributed by atoms with E-state index in [0.29, 0.717) is 11.2 Å². The van der Waals surface area contributed by atoms with Gasteiger partial charge < -0.3 is 14.9 Å². The average Bonchev–Trinajstić information content (AvgIpc) is 2.64. The summed E-state index contributed by atoms with van der Waals surface area (Å²) in [5.74, 6) is -1.03. The zero-order valence-electron chi connectivity index (χ0n) is 9.48. The summed E-state index contributed by atoms with van der Waals surface area (Å²) < 4.78 is 28.3. The third-order valence-corrected chi connectivity index (χ3v) is 3.66. The smallest absolute Gasteiger partial charge is 0.355 e. The molecule has 1 aromatic carbocycles. The number of aliphatic carboxylic acids is 1. The van der Waals surface area contributed by atoms with Crippen molar-refractivity contribution in [1.29, 1.82) is 0 Å². The Morgan fingerprint density at radius 1 is 1.26 bits per heavy atom. The first-order chi connectivity index (χ1) is 8.88. The molecule has 100 valence electrons. The van der Waals surface area contributed by atoms with Gasteiger partial charge in [0.15, 0.2) is 10.7 Å². The Labute approximate surface area is 108 Å². The second-order valence-electron chi connectivity index (χ2n) is 3.64. The molecule has 0 amide bonds. The highest BCUT2D eigenvalue weighted by Crippen LogP contribution is 2.18. The van der Waals surface area contributed by atoms with E-state index in [1.54, 1.807) is 0 Å². The van der Waals surface area contributed by atoms with Gasteiger partial charge in [0.25, 0.3) is 0 Å². The normalized spacial score (nSPS) is 16.6. The maximum absolute atomic E-state index is 11.6. The van der Waals surface area contributed by atoms with Crippen LogP contribution >= 0.6 is 0 Å². The fourth-order valence-corrected chi connectivity index (χ4v) is 2.37. The van der Waals surface area contributed by atoms with Crippen LogP contribution in [0.2, 0.25) is 0 Å². The Bertz CT molecular complexity index is 672. The zero-order chi connectivity index (χ0) is 14.0. The number of nitrogens with zero attached hydrogens (tertiary/aromatic N) is 1. The van der Waals surface area contributed by atoms with Crippen molar-refractivity contribution >= 4 is 20.9 Å². The average molecular weight is 283 g/mol.